The third-order valence-electron chi connectivity index (χ3n) is 4.61. The van der Waals surface area contributed by atoms with Crippen LogP contribution in [0.4, 0.5) is 0 Å². The van der Waals surface area contributed by atoms with E-state index in [9.17, 15) is 23.7 Å². The summed E-state index contributed by atoms with van der Waals surface area (Å²) in [7, 11) is -2.81. The number of ether oxygens (including phenoxy) is 1. The van der Waals surface area contributed by atoms with Gasteiger partial charge in [0, 0.05) is 36.8 Å². The van der Waals surface area contributed by atoms with Crippen LogP contribution in [0.2, 0.25) is 0 Å². The van der Waals surface area contributed by atoms with E-state index >= 15 is 0 Å². The van der Waals surface area contributed by atoms with Gasteiger partial charge in [0.15, 0.2) is 6.10 Å². The number of para-hydroxylation sites is 1. The van der Waals surface area contributed by atoms with Crippen molar-refractivity contribution in [1.82, 2.24) is 10.6 Å². The SMILES string of the molecule is COC(=O)/C=C/C(=O)SCCNC(=O)CCNC(=O)[C@@H]1OP(=O)(Oc2ccccc2)OCC1(C)C. The standard InChI is InChI=1S/C22H29N2O9PS/c1-22(2)15-31-34(29,32-16-7-5-4-6-8-16)33-20(22)21(28)24-12-11-17(25)23-13-14-35-19(27)10-9-18(26)30-3/h4-10,20H,11-15H2,1-3H3,(H,23,25)(H,24,28)/b10-9+/t20-,34?/m0/s1. The number of nitrogens with one attached hydrogen (secondary N) is 2. The maximum absolute atomic E-state index is 12.9. The van der Waals surface area contributed by atoms with Gasteiger partial charge in [-0.3, -0.25) is 23.4 Å². The van der Waals surface area contributed by atoms with Gasteiger partial charge >= 0.3 is 13.8 Å². The van der Waals surface area contributed by atoms with Crippen LogP contribution in [0.15, 0.2) is 42.5 Å². The molecular formula is C22H29N2O9PS. The van der Waals surface area contributed by atoms with E-state index in [0.29, 0.717) is 5.75 Å². The lowest BCUT2D eigenvalue weighted by atomic mass is 9.87. The number of esters is 1. The molecule has 1 aromatic rings. The van der Waals surface area contributed by atoms with Crippen LogP contribution >= 0.6 is 19.6 Å². The first kappa shape index (κ1) is 28.6. The summed E-state index contributed by atoms with van der Waals surface area (Å²) < 4.78 is 33.5. The Bertz CT molecular complexity index is 984. The highest BCUT2D eigenvalue weighted by atomic mass is 32.2. The van der Waals surface area contributed by atoms with Gasteiger partial charge in [-0.2, -0.15) is 0 Å². The zero-order valence-corrected chi connectivity index (χ0v) is 21.4. The molecule has 35 heavy (non-hydrogen) atoms. The zero-order valence-electron chi connectivity index (χ0n) is 19.7. The smallest absolute Gasteiger partial charge is 0.466 e. The van der Waals surface area contributed by atoms with Gasteiger partial charge < -0.3 is 19.9 Å². The number of rotatable bonds is 11. The first-order valence-corrected chi connectivity index (χ1v) is 13.1. The Morgan fingerprint density at radius 3 is 2.54 bits per heavy atom. The minimum Gasteiger partial charge on any atom is -0.466 e. The van der Waals surface area contributed by atoms with Crippen molar-refractivity contribution in [1.29, 1.82) is 0 Å². The number of benzene rings is 1. The van der Waals surface area contributed by atoms with E-state index in [-0.39, 0.29) is 42.9 Å². The average Bonchev–Trinajstić information content (AvgIpc) is 2.82. The third-order valence-corrected chi connectivity index (χ3v) is 6.79. The number of thioether (sulfide) groups is 1. The maximum Gasteiger partial charge on any atom is 0.530 e. The van der Waals surface area contributed by atoms with Crippen molar-refractivity contribution < 1.29 is 42.1 Å². The fraction of sp³-hybridized carbons (Fsp3) is 0.455. The molecule has 0 radical (unpaired) electrons. The molecule has 1 aromatic carbocycles. The van der Waals surface area contributed by atoms with Gasteiger partial charge in [0.1, 0.15) is 5.75 Å². The lowest BCUT2D eigenvalue weighted by Crippen LogP contribution is -2.50. The number of hydrogen-bond donors (Lipinski definition) is 2. The van der Waals surface area contributed by atoms with Crippen molar-refractivity contribution in [2.75, 3.05) is 32.6 Å². The second-order valence-corrected chi connectivity index (χ2v) is 10.7. The summed E-state index contributed by atoms with van der Waals surface area (Å²) in [5, 5.41) is 4.90. The van der Waals surface area contributed by atoms with Crippen molar-refractivity contribution in [3.05, 3.63) is 42.5 Å². The molecule has 1 unspecified atom stereocenters. The summed E-state index contributed by atoms with van der Waals surface area (Å²) in [6.45, 7) is 3.69. The molecule has 0 saturated carbocycles. The van der Waals surface area contributed by atoms with Crippen molar-refractivity contribution in [3.8, 4) is 5.75 Å². The summed E-state index contributed by atoms with van der Waals surface area (Å²) in [5.41, 5.74) is -0.785. The summed E-state index contributed by atoms with van der Waals surface area (Å²) in [4.78, 5) is 47.2. The second kappa shape index (κ2) is 13.4. The van der Waals surface area contributed by atoms with Gasteiger partial charge in [-0.15, -0.1) is 0 Å². The zero-order chi connectivity index (χ0) is 25.9. The molecule has 192 valence electrons. The molecule has 0 aliphatic carbocycles. The average molecular weight is 529 g/mol. The molecule has 13 heteroatoms. The lowest BCUT2D eigenvalue weighted by Gasteiger charge is -2.39. The van der Waals surface area contributed by atoms with Crippen molar-refractivity contribution in [2.24, 2.45) is 5.41 Å². The molecule has 2 rings (SSSR count). The molecular weight excluding hydrogens is 499 g/mol. The van der Waals surface area contributed by atoms with Crippen LogP contribution in [-0.4, -0.2) is 61.6 Å². The second-order valence-electron chi connectivity index (χ2n) is 8.01. The molecule has 2 amide bonds. The van der Waals surface area contributed by atoms with Crippen molar-refractivity contribution >= 4 is 42.5 Å². The van der Waals surface area contributed by atoms with E-state index in [0.717, 1.165) is 23.9 Å². The summed E-state index contributed by atoms with van der Waals surface area (Å²) >= 11 is 0.934. The number of hydrogen-bond acceptors (Lipinski definition) is 10. The number of carbonyl (C=O) groups is 4. The fourth-order valence-electron chi connectivity index (χ4n) is 2.76. The van der Waals surface area contributed by atoms with E-state index < -0.39 is 31.2 Å². The third kappa shape index (κ3) is 9.85. The molecule has 1 saturated heterocycles. The van der Waals surface area contributed by atoms with E-state index in [1.165, 1.54) is 7.11 Å². The van der Waals surface area contributed by atoms with Gasteiger partial charge in [-0.1, -0.05) is 43.8 Å². The molecule has 0 spiro atoms. The van der Waals surface area contributed by atoms with Gasteiger partial charge in [0.2, 0.25) is 11.0 Å². The van der Waals surface area contributed by atoms with Crippen molar-refractivity contribution in [3.63, 3.8) is 0 Å². The van der Waals surface area contributed by atoms with Crippen LogP contribution in [-0.2, 0) is 37.5 Å². The van der Waals surface area contributed by atoms with E-state index in [1.54, 1.807) is 44.2 Å². The molecule has 1 aliphatic heterocycles. The minimum absolute atomic E-state index is 0.00553. The molecule has 1 aliphatic rings. The highest BCUT2D eigenvalue weighted by Gasteiger charge is 2.49. The fourth-order valence-corrected chi connectivity index (χ4v) is 5.00. The summed E-state index contributed by atoms with van der Waals surface area (Å²) in [6, 6.07) is 8.34. The van der Waals surface area contributed by atoms with Gasteiger partial charge in [-0.05, 0) is 18.2 Å². The van der Waals surface area contributed by atoms with Crippen LogP contribution in [0, 0.1) is 5.41 Å². The van der Waals surface area contributed by atoms with Gasteiger partial charge in [0.05, 0.1) is 13.7 Å². The van der Waals surface area contributed by atoms with E-state index in [1.807, 2.05) is 0 Å². The predicted octanol–water partition coefficient (Wildman–Crippen LogP) is 2.23. The van der Waals surface area contributed by atoms with Gasteiger partial charge in [-0.25, -0.2) is 9.36 Å². The molecule has 1 heterocycles. The Morgan fingerprint density at radius 1 is 1.14 bits per heavy atom. The molecule has 1 fully saturated rings. The highest BCUT2D eigenvalue weighted by molar-refractivity contribution is 8.14. The predicted molar refractivity (Wildman–Crippen MR) is 129 cm³/mol. The van der Waals surface area contributed by atoms with Crippen LogP contribution < -0.4 is 15.2 Å². The Balaban J connectivity index is 1.74. The first-order valence-electron chi connectivity index (χ1n) is 10.7. The topological polar surface area (TPSA) is 146 Å². The normalized spacial score (nSPS) is 21.2. The van der Waals surface area contributed by atoms with Crippen LogP contribution in [0.5, 0.6) is 5.75 Å². The quantitative estimate of drug-likeness (QED) is 0.190. The molecule has 2 N–H and O–H groups in total. The monoisotopic (exact) mass is 528 g/mol. The number of carbonyl (C=O) groups excluding carboxylic acids is 4. The highest BCUT2D eigenvalue weighted by Crippen LogP contribution is 2.56. The Labute approximate surface area is 207 Å². The lowest BCUT2D eigenvalue weighted by molar-refractivity contribution is -0.140. The summed E-state index contributed by atoms with van der Waals surface area (Å²) in [5.74, 6) is -0.903. The van der Waals surface area contributed by atoms with Crippen LogP contribution in [0.1, 0.15) is 20.3 Å². The largest absolute Gasteiger partial charge is 0.530 e. The molecule has 0 bridgehead atoms. The van der Waals surface area contributed by atoms with E-state index in [2.05, 4.69) is 15.4 Å². The maximum atomic E-state index is 12.9. The first-order chi connectivity index (χ1) is 16.5. The molecule has 2 atom stereocenters. The van der Waals surface area contributed by atoms with Crippen LogP contribution in [0.3, 0.4) is 0 Å². The summed E-state index contributed by atoms with van der Waals surface area (Å²) in [6.07, 6.45) is 0.993. The molecule has 11 nitrogen and oxygen atoms in total. The number of amides is 2. The minimum atomic E-state index is -4.02. The van der Waals surface area contributed by atoms with E-state index in [4.69, 9.17) is 13.6 Å². The molecule has 0 aromatic heterocycles. The van der Waals surface area contributed by atoms with Crippen molar-refractivity contribution in [2.45, 2.75) is 26.4 Å². The van der Waals surface area contributed by atoms with Gasteiger partial charge in [0.25, 0.3) is 5.91 Å². The number of phosphoric acid groups is 1. The Morgan fingerprint density at radius 2 is 1.86 bits per heavy atom. The van der Waals surface area contributed by atoms with Crippen LogP contribution in [0.25, 0.3) is 0 Å². The Kier molecular flexibility index (Phi) is 11.0. The number of phosphoric ester groups is 1. The Hall–Kier alpha value is -2.66. The number of methoxy groups -OCH3 is 1.